The van der Waals surface area contributed by atoms with Gasteiger partial charge in [0.05, 0.1) is 5.71 Å². The van der Waals surface area contributed by atoms with Gasteiger partial charge in [0.15, 0.2) is 0 Å². The zero-order valence-electron chi connectivity index (χ0n) is 21.7. The lowest BCUT2D eigenvalue weighted by Gasteiger charge is -2.58. The minimum atomic E-state index is -0.388. The maximum atomic E-state index is 11.7. The van der Waals surface area contributed by atoms with Crippen LogP contribution in [0.15, 0.2) is 16.8 Å². The molecule has 0 aliphatic heterocycles. The van der Waals surface area contributed by atoms with Crippen LogP contribution >= 0.6 is 0 Å². The number of carbonyl (C=O) groups excluding carboxylic acids is 2. The van der Waals surface area contributed by atoms with E-state index >= 15 is 0 Å². The van der Waals surface area contributed by atoms with E-state index in [9.17, 15) is 19.7 Å². The molecule has 3 saturated carbocycles. The lowest BCUT2D eigenvalue weighted by atomic mass is 9.47. The molecule has 4 aliphatic rings. The number of rotatable bonds is 6. The lowest BCUT2D eigenvalue weighted by Crippen LogP contribution is -2.51. The van der Waals surface area contributed by atoms with Gasteiger partial charge in [-0.05, 0) is 74.0 Å². The van der Waals surface area contributed by atoms with Crippen LogP contribution in [0.4, 0.5) is 0 Å². The molecule has 0 bridgehead atoms. The summed E-state index contributed by atoms with van der Waals surface area (Å²) in [4.78, 5) is 39.7. The van der Waals surface area contributed by atoms with Crippen molar-refractivity contribution < 1.29 is 24.1 Å². The summed E-state index contributed by atoms with van der Waals surface area (Å²) >= 11 is 0. The van der Waals surface area contributed by atoms with Crippen LogP contribution in [0.1, 0.15) is 86.0 Å². The molecule has 194 valence electrons. The summed E-state index contributed by atoms with van der Waals surface area (Å²) in [6.45, 7) is 9.68. The number of fused-ring (bicyclic) bond motifs is 5. The van der Waals surface area contributed by atoms with Crippen LogP contribution in [0.3, 0.4) is 0 Å². The summed E-state index contributed by atoms with van der Waals surface area (Å²) in [5.41, 5.74) is 2.13. The SMILES string of the molecule is CCC(=O)O/N=C(/C)[C@H]1[C@H](C[N+](=O)[O-])C[C@H]2[C@@H]3CC=C4C[C@H](OC(C)=O)CC[C@]4(C)[C@H]3CC[C@@]21C. The van der Waals surface area contributed by atoms with Gasteiger partial charge < -0.3 is 9.57 Å². The van der Waals surface area contributed by atoms with E-state index in [4.69, 9.17) is 9.57 Å². The second-order valence-corrected chi connectivity index (χ2v) is 11.8. The number of hydrogen-bond donors (Lipinski definition) is 0. The number of oxime groups is 1. The summed E-state index contributed by atoms with van der Waals surface area (Å²) in [5, 5.41) is 15.8. The third kappa shape index (κ3) is 4.65. The second-order valence-electron chi connectivity index (χ2n) is 11.8. The molecule has 0 heterocycles. The average Bonchev–Trinajstić information content (AvgIpc) is 3.08. The largest absolute Gasteiger partial charge is 0.462 e. The van der Waals surface area contributed by atoms with Crippen molar-refractivity contribution in [3.05, 3.63) is 21.8 Å². The van der Waals surface area contributed by atoms with Gasteiger partial charge in [-0.1, -0.05) is 37.6 Å². The molecule has 0 aromatic carbocycles. The summed E-state index contributed by atoms with van der Waals surface area (Å²) in [6.07, 6.45) is 9.18. The molecule has 0 radical (unpaired) electrons. The van der Waals surface area contributed by atoms with Crippen molar-refractivity contribution in [3.8, 4) is 0 Å². The highest BCUT2D eigenvalue weighted by Crippen LogP contribution is 2.67. The minimum absolute atomic E-state index is 0.0257. The van der Waals surface area contributed by atoms with E-state index in [-0.39, 0.29) is 58.6 Å². The molecule has 0 spiro atoms. The van der Waals surface area contributed by atoms with E-state index in [0.717, 1.165) is 44.9 Å². The summed E-state index contributed by atoms with van der Waals surface area (Å²) in [5.74, 6) is 0.589. The Morgan fingerprint density at radius 3 is 2.60 bits per heavy atom. The smallest absolute Gasteiger partial charge is 0.334 e. The predicted molar refractivity (Wildman–Crippen MR) is 131 cm³/mol. The number of allylic oxidation sites excluding steroid dienone is 1. The van der Waals surface area contributed by atoms with Gasteiger partial charge in [-0.3, -0.25) is 14.9 Å². The normalized spacial score (nSPS) is 40.6. The Morgan fingerprint density at radius 1 is 1.20 bits per heavy atom. The molecule has 0 unspecified atom stereocenters. The second kappa shape index (κ2) is 9.66. The van der Waals surface area contributed by atoms with Crippen LogP contribution < -0.4 is 0 Å². The highest BCUT2D eigenvalue weighted by Gasteiger charge is 2.62. The first kappa shape index (κ1) is 25.8. The first-order valence-corrected chi connectivity index (χ1v) is 13.2. The third-order valence-electron chi connectivity index (χ3n) is 9.98. The zero-order chi connectivity index (χ0) is 25.5. The van der Waals surface area contributed by atoms with Gasteiger partial charge in [0.1, 0.15) is 6.10 Å². The van der Waals surface area contributed by atoms with Crippen molar-refractivity contribution >= 4 is 17.7 Å². The fourth-order valence-electron chi connectivity index (χ4n) is 8.58. The maximum Gasteiger partial charge on any atom is 0.334 e. The van der Waals surface area contributed by atoms with E-state index in [1.807, 2.05) is 6.92 Å². The topological polar surface area (TPSA) is 108 Å². The zero-order valence-corrected chi connectivity index (χ0v) is 21.7. The van der Waals surface area contributed by atoms with Crippen molar-refractivity contribution in [1.82, 2.24) is 0 Å². The molecular weight excluding hydrogens is 448 g/mol. The van der Waals surface area contributed by atoms with Crippen molar-refractivity contribution in [2.24, 2.45) is 45.6 Å². The van der Waals surface area contributed by atoms with Gasteiger partial charge >= 0.3 is 11.9 Å². The van der Waals surface area contributed by atoms with Gasteiger partial charge in [0.25, 0.3) is 0 Å². The Kier molecular flexibility index (Phi) is 7.13. The Labute approximate surface area is 208 Å². The molecule has 35 heavy (non-hydrogen) atoms. The van der Waals surface area contributed by atoms with Gasteiger partial charge in [0, 0.05) is 36.5 Å². The van der Waals surface area contributed by atoms with Crippen LogP contribution in [0.2, 0.25) is 0 Å². The summed E-state index contributed by atoms with van der Waals surface area (Å²) < 4.78 is 5.55. The number of esters is 1. The van der Waals surface area contributed by atoms with Crippen molar-refractivity contribution in [2.45, 2.75) is 92.1 Å². The van der Waals surface area contributed by atoms with E-state index in [1.165, 1.54) is 12.5 Å². The first-order valence-electron chi connectivity index (χ1n) is 13.2. The molecule has 0 amide bonds. The Morgan fingerprint density at radius 2 is 1.94 bits per heavy atom. The van der Waals surface area contributed by atoms with Gasteiger partial charge in [0.2, 0.25) is 6.54 Å². The minimum Gasteiger partial charge on any atom is -0.462 e. The van der Waals surface area contributed by atoms with Crippen LogP contribution in [-0.4, -0.2) is 35.2 Å². The van der Waals surface area contributed by atoms with Crippen LogP contribution in [0.25, 0.3) is 0 Å². The van der Waals surface area contributed by atoms with Crippen LogP contribution in [0.5, 0.6) is 0 Å². The fourth-order valence-corrected chi connectivity index (χ4v) is 8.58. The first-order chi connectivity index (χ1) is 16.5. The number of hydrogen-bond acceptors (Lipinski definition) is 7. The molecule has 4 aliphatic carbocycles. The summed E-state index contributed by atoms with van der Waals surface area (Å²) in [7, 11) is 0. The quantitative estimate of drug-likeness (QED) is 0.125. The van der Waals surface area contributed by atoms with Crippen LogP contribution in [-0.2, 0) is 19.2 Å². The third-order valence-corrected chi connectivity index (χ3v) is 9.98. The molecule has 0 saturated heterocycles. The standard InChI is InChI=1S/C27H40N2O6/c1-6-24(31)35-28-16(2)25-18(15-29(32)33)13-23-21-8-7-19-14-20(34-17(3)30)9-11-26(19,4)22(21)10-12-27(23,25)5/h7,18,20-23,25H,6,8-15H2,1-5H3/b28-16-/t18-,20+,21+,22-,23-,25-,26-,27-/m0/s1. The number of carbonyl (C=O) groups is 2. The highest BCUT2D eigenvalue weighted by atomic mass is 16.7. The van der Waals surface area contributed by atoms with Crippen molar-refractivity contribution in [1.29, 1.82) is 0 Å². The highest BCUT2D eigenvalue weighted by molar-refractivity contribution is 5.86. The predicted octanol–water partition coefficient (Wildman–Crippen LogP) is 5.33. The molecule has 0 aromatic rings. The van der Waals surface area contributed by atoms with E-state index < -0.39 is 0 Å². The molecule has 8 nitrogen and oxygen atoms in total. The van der Waals surface area contributed by atoms with E-state index in [1.54, 1.807) is 6.92 Å². The van der Waals surface area contributed by atoms with E-state index in [2.05, 4.69) is 25.1 Å². The number of nitrogens with zero attached hydrogens (tertiary/aromatic N) is 2. The van der Waals surface area contributed by atoms with Gasteiger partial charge in [-0.15, -0.1) is 0 Å². The molecule has 8 heteroatoms. The Hall–Kier alpha value is -2.25. The number of ether oxygens (including phenoxy) is 1. The molecule has 0 N–H and O–H groups in total. The summed E-state index contributed by atoms with van der Waals surface area (Å²) in [6, 6.07) is 0. The molecule has 4 rings (SSSR count). The number of nitro groups is 1. The average molecular weight is 489 g/mol. The molecular formula is C27H40N2O6. The lowest BCUT2D eigenvalue weighted by molar-refractivity contribution is -0.489. The monoisotopic (exact) mass is 488 g/mol. The Bertz CT molecular complexity index is 944. The molecule has 8 atom stereocenters. The van der Waals surface area contributed by atoms with E-state index in [0.29, 0.717) is 23.5 Å². The maximum absolute atomic E-state index is 11.7. The fraction of sp³-hybridized carbons (Fsp3) is 0.815. The van der Waals surface area contributed by atoms with Crippen LogP contribution in [0, 0.1) is 50.5 Å². The molecule has 0 aromatic heterocycles. The Balaban J connectivity index is 1.62. The van der Waals surface area contributed by atoms with Crippen molar-refractivity contribution in [3.63, 3.8) is 0 Å². The molecule has 3 fully saturated rings. The van der Waals surface area contributed by atoms with Gasteiger partial charge in [-0.2, -0.15) is 0 Å². The van der Waals surface area contributed by atoms with Gasteiger partial charge in [-0.25, -0.2) is 4.79 Å². The van der Waals surface area contributed by atoms with Crippen molar-refractivity contribution in [2.75, 3.05) is 6.54 Å².